The van der Waals surface area contributed by atoms with Crippen LogP contribution < -0.4 is 20.7 Å². The summed E-state index contributed by atoms with van der Waals surface area (Å²) in [6, 6.07) is 6.47. The Morgan fingerprint density at radius 3 is 2.22 bits per heavy atom. The van der Waals surface area contributed by atoms with Crippen molar-refractivity contribution in [1.82, 2.24) is 9.13 Å². The summed E-state index contributed by atoms with van der Waals surface area (Å²) in [7, 11) is -1.13. The average Bonchev–Trinajstić information content (AvgIpc) is 3.15. The highest BCUT2D eigenvalue weighted by molar-refractivity contribution is 9.10. The molecule has 2 heterocycles. The molecule has 1 aliphatic rings. The quantitative estimate of drug-likeness (QED) is 0.531. The van der Waals surface area contributed by atoms with Crippen molar-refractivity contribution in [3.05, 3.63) is 60.6 Å². The van der Waals surface area contributed by atoms with Crippen molar-refractivity contribution in [1.29, 1.82) is 0 Å². The van der Waals surface area contributed by atoms with Gasteiger partial charge in [-0.05, 0) is 48.7 Å². The Balaban J connectivity index is 1.89. The lowest BCUT2D eigenvalue weighted by Crippen LogP contribution is -2.39. The highest BCUT2D eigenvalue weighted by Crippen LogP contribution is 2.38. The summed E-state index contributed by atoms with van der Waals surface area (Å²) in [6.45, 7) is 3.52. The first kappa shape index (κ1) is 22.3. The number of carbonyl (C=O) groups excluding carboxylic acids is 1. The molecule has 11 heteroatoms. The first-order valence-corrected chi connectivity index (χ1v) is 12.0. The summed E-state index contributed by atoms with van der Waals surface area (Å²) < 4.78 is 32.5. The molecule has 0 fully saturated rings. The lowest BCUT2D eigenvalue weighted by atomic mass is 10.1. The second-order valence-corrected chi connectivity index (χ2v) is 10.4. The highest BCUT2D eigenvalue weighted by atomic mass is 79.9. The molecular formula is C21H21BrN4O5S. The molecule has 3 aromatic rings. The summed E-state index contributed by atoms with van der Waals surface area (Å²) >= 11 is 3.36. The number of aryl methyl sites for hydroxylation is 3. The Labute approximate surface area is 192 Å². The summed E-state index contributed by atoms with van der Waals surface area (Å²) in [5, 5.41) is 0. The van der Waals surface area contributed by atoms with Crippen molar-refractivity contribution < 1.29 is 13.2 Å². The van der Waals surface area contributed by atoms with Crippen molar-refractivity contribution in [3.63, 3.8) is 0 Å². The zero-order chi connectivity index (χ0) is 23.5. The molecule has 0 saturated carbocycles. The summed E-state index contributed by atoms with van der Waals surface area (Å²) in [5.41, 5.74) is 1.52. The molecule has 0 aliphatic carbocycles. The smallest absolute Gasteiger partial charge is 0.311 e. The molecule has 1 amide bonds. The number of amides is 1. The summed E-state index contributed by atoms with van der Waals surface area (Å²) in [4.78, 5) is 37.9. The molecular weight excluding hydrogens is 500 g/mol. The topological polar surface area (TPSA) is 110 Å². The molecule has 0 saturated heterocycles. The van der Waals surface area contributed by atoms with E-state index in [2.05, 4.69) is 20.7 Å². The van der Waals surface area contributed by atoms with Gasteiger partial charge in [-0.3, -0.25) is 19.1 Å². The van der Waals surface area contributed by atoms with Crippen LogP contribution in [0.5, 0.6) is 0 Å². The number of anilines is 2. The average molecular weight is 521 g/mol. The second kappa shape index (κ2) is 7.59. The highest BCUT2D eigenvalue weighted by Gasteiger charge is 2.31. The third-order valence-corrected chi connectivity index (χ3v) is 7.58. The monoisotopic (exact) mass is 520 g/mol. The minimum Gasteiger partial charge on any atom is -0.311 e. The van der Waals surface area contributed by atoms with Gasteiger partial charge in [0.15, 0.2) is 0 Å². The van der Waals surface area contributed by atoms with Gasteiger partial charge in [-0.25, -0.2) is 8.42 Å². The zero-order valence-corrected chi connectivity index (χ0v) is 20.3. The summed E-state index contributed by atoms with van der Waals surface area (Å²) in [6.07, 6.45) is 0.558. The SMILES string of the molecule is CC(=O)N1CCc2cc(Br)cc(S(=O)(=O)Nc3cc4c(cc3C)n(C)c(=O)c(=O)n4C)c21. The molecule has 0 bridgehead atoms. The second-order valence-electron chi connectivity index (χ2n) is 7.82. The van der Waals surface area contributed by atoms with E-state index < -0.39 is 21.1 Å². The Bertz CT molecular complexity index is 1540. The lowest BCUT2D eigenvalue weighted by Gasteiger charge is -2.20. The van der Waals surface area contributed by atoms with Crippen LogP contribution in [-0.2, 0) is 35.3 Å². The fourth-order valence-corrected chi connectivity index (χ4v) is 6.08. The molecule has 4 rings (SSSR count). The minimum atomic E-state index is -4.09. The van der Waals surface area contributed by atoms with E-state index in [0.29, 0.717) is 39.7 Å². The Morgan fingerprint density at radius 2 is 1.62 bits per heavy atom. The van der Waals surface area contributed by atoms with E-state index in [-0.39, 0.29) is 16.5 Å². The molecule has 1 aliphatic heterocycles. The number of hydrogen-bond acceptors (Lipinski definition) is 5. The predicted octanol–water partition coefficient (Wildman–Crippen LogP) is 2.02. The number of halogens is 1. The van der Waals surface area contributed by atoms with Crippen molar-refractivity contribution in [3.8, 4) is 0 Å². The molecule has 32 heavy (non-hydrogen) atoms. The van der Waals surface area contributed by atoms with Gasteiger partial charge in [-0.15, -0.1) is 0 Å². The van der Waals surface area contributed by atoms with E-state index in [1.165, 1.54) is 47.2 Å². The van der Waals surface area contributed by atoms with Crippen LogP contribution in [-0.4, -0.2) is 30.0 Å². The molecule has 9 nitrogen and oxygen atoms in total. The van der Waals surface area contributed by atoms with Gasteiger partial charge in [0.05, 0.1) is 22.4 Å². The molecule has 1 N–H and O–H groups in total. The van der Waals surface area contributed by atoms with Gasteiger partial charge in [-0.2, -0.15) is 0 Å². The van der Waals surface area contributed by atoms with E-state index in [1.807, 2.05) is 6.07 Å². The van der Waals surface area contributed by atoms with Crippen LogP contribution in [0.1, 0.15) is 18.1 Å². The van der Waals surface area contributed by atoms with Crippen LogP contribution in [0.4, 0.5) is 11.4 Å². The first-order chi connectivity index (χ1) is 14.9. The molecule has 0 spiro atoms. The standard InChI is InChI=1S/C21H21BrN4O5S/c1-11-7-16-17(25(4)21(29)20(28)24(16)3)10-15(11)23-32(30,31)18-9-14(22)8-13-5-6-26(12(2)27)19(13)18/h7-10,23H,5-6H2,1-4H3. The number of aromatic nitrogens is 2. The maximum Gasteiger partial charge on any atom is 0.316 e. The fraction of sp³-hybridized carbons (Fsp3) is 0.286. The maximum atomic E-state index is 13.4. The van der Waals surface area contributed by atoms with Crippen molar-refractivity contribution in [2.24, 2.45) is 14.1 Å². The maximum absolute atomic E-state index is 13.4. The van der Waals surface area contributed by atoms with Crippen molar-refractivity contribution in [2.45, 2.75) is 25.2 Å². The fourth-order valence-electron chi connectivity index (χ4n) is 4.02. The van der Waals surface area contributed by atoms with Crippen molar-refractivity contribution >= 4 is 54.3 Å². The number of fused-ring (bicyclic) bond motifs is 2. The predicted molar refractivity (Wildman–Crippen MR) is 126 cm³/mol. The van der Waals surface area contributed by atoms with Gasteiger partial charge in [0, 0.05) is 32.0 Å². The third-order valence-electron chi connectivity index (χ3n) is 5.74. The van der Waals surface area contributed by atoms with E-state index in [4.69, 9.17) is 0 Å². The molecule has 2 aromatic carbocycles. The van der Waals surface area contributed by atoms with Crippen LogP contribution in [0.3, 0.4) is 0 Å². The van der Waals surface area contributed by atoms with Crippen LogP contribution in [0.25, 0.3) is 11.0 Å². The molecule has 0 radical (unpaired) electrons. The van der Waals surface area contributed by atoms with Gasteiger partial charge in [0.25, 0.3) is 10.0 Å². The van der Waals surface area contributed by atoms with E-state index in [9.17, 15) is 22.8 Å². The zero-order valence-electron chi connectivity index (χ0n) is 17.9. The van der Waals surface area contributed by atoms with E-state index in [1.54, 1.807) is 13.0 Å². The van der Waals surface area contributed by atoms with Crippen LogP contribution >= 0.6 is 15.9 Å². The van der Waals surface area contributed by atoms with Crippen LogP contribution in [0.15, 0.2) is 43.2 Å². The first-order valence-electron chi connectivity index (χ1n) is 9.76. The van der Waals surface area contributed by atoms with Gasteiger partial charge >= 0.3 is 11.1 Å². The largest absolute Gasteiger partial charge is 0.316 e. The molecule has 1 aromatic heterocycles. The number of nitrogens with one attached hydrogen (secondary N) is 1. The Kier molecular flexibility index (Phi) is 5.29. The summed E-state index contributed by atoms with van der Waals surface area (Å²) in [5.74, 6) is -0.236. The Morgan fingerprint density at radius 1 is 1.03 bits per heavy atom. The minimum absolute atomic E-state index is 0.0107. The number of nitrogens with zero attached hydrogens (tertiary/aromatic N) is 3. The Hall–Kier alpha value is -2.92. The van der Waals surface area contributed by atoms with Crippen LogP contribution in [0, 0.1) is 6.92 Å². The number of sulfonamides is 1. The molecule has 168 valence electrons. The number of rotatable bonds is 3. The van der Waals surface area contributed by atoms with Gasteiger partial charge < -0.3 is 14.0 Å². The molecule has 0 atom stereocenters. The number of carbonyl (C=O) groups is 1. The van der Waals surface area contributed by atoms with E-state index >= 15 is 0 Å². The lowest BCUT2D eigenvalue weighted by molar-refractivity contribution is -0.116. The van der Waals surface area contributed by atoms with Gasteiger partial charge in [0.2, 0.25) is 5.91 Å². The number of hydrogen-bond donors (Lipinski definition) is 1. The van der Waals surface area contributed by atoms with Crippen LogP contribution in [0.2, 0.25) is 0 Å². The molecule has 0 unspecified atom stereocenters. The van der Waals surface area contributed by atoms with Gasteiger partial charge in [0.1, 0.15) is 4.90 Å². The van der Waals surface area contributed by atoms with E-state index in [0.717, 1.165) is 5.56 Å². The van der Waals surface area contributed by atoms with Gasteiger partial charge in [-0.1, -0.05) is 15.9 Å². The normalized spacial score (nSPS) is 13.5. The van der Waals surface area contributed by atoms with Crippen molar-refractivity contribution in [2.75, 3.05) is 16.2 Å². The third kappa shape index (κ3) is 3.45. The number of benzene rings is 2.